The molecule has 0 unspecified atom stereocenters. The van der Waals surface area contributed by atoms with E-state index in [1.807, 2.05) is 0 Å². The van der Waals surface area contributed by atoms with Crippen LogP contribution in [0.2, 0.25) is 5.02 Å². The number of rotatable bonds is 4. The molecule has 2 rings (SSSR count). The number of methoxy groups -OCH3 is 1. The first-order chi connectivity index (χ1) is 9.61. The maximum Gasteiger partial charge on any atom is 0.285 e. The third kappa shape index (κ3) is 3.07. The van der Waals surface area contributed by atoms with Crippen molar-refractivity contribution in [1.82, 2.24) is 10.2 Å². The van der Waals surface area contributed by atoms with Gasteiger partial charge in [-0.3, -0.25) is 10.2 Å². The highest BCUT2D eigenvalue weighted by atomic mass is 35.5. The third-order valence-electron chi connectivity index (χ3n) is 2.40. The van der Waals surface area contributed by atoms with Crippen LogP contribution in [0.3, 0.4) is 0 Å². The summed E-state index contributed by atoms with van der Waals surface area (Å²) in [5.74, 6) is 0.379. The van der Waals surface area contributed by atoms with Crippen molar-refractivity contribution in [2.75, 3.05) is 12.5 Å². The van der Waals surface area contributed by atoms with Gasteiger partial charge in [-0.25, -0.2) is 5.10 Å². The Labute approximate surface area is 118 Å². The minimum absolute atomic E-state index is 0.00676. The average Bonchev–Trinajstić information content (AvgIpc) is 2.44. The number of ether oxygens (including phenoxy) is 1. The molecule has 0 bridgehead atoms. The molecule has 0 radical (unpaired) electrons. The summed E-state index contributed by atoms with van der Waals surface area (Å²) in [6.45, 7) is 0. The fourth-order valence-electron chi connectivity index (χ4n) is 1.43. The molecule has 8 heteroatoms. The summed E-state index contributed by atoms with van der Waals surface area (Å²) in [4.78, 5) is 11.2. The van der Waals surface area contributed by atoms with Gasteiger partial charge in [0.15, 0.2) is 11.5 Å². The van der Waals surface area contributed by atoms with Crippen molar-refractivity contribution in [3.8, 4) is 11.5 Å². The van der Waals surface area contributed by atoms with Gasteiger partial charge in [0.05, 0.1) is 19.5 Å². The fraction of sp³-hybridized carbons (Fsp3) is 0.0833. The lowest BCUT2D eigenvalue weighted by atomic mass is 10.2. The Bertz CT molecular complexity index is 699. The van der Waals surface area contributed by atoms with Gasteiger partial charge >= 0.3 is 0 Å². The molecule has 0 saturated carbocycles. The van der Waals surface area contributed by atoms with Crippen molar-refractivity contribution in [3.05, 3.63) is 45.3 Å². The number of phenolic OH excluding ortho intramolecular Hbond substituents is 1. The number of hydrazone groups is 1. The predicted octanol–water partition coefficient (Wildman–Crippen LogP) is 1.58. The van der Waals surface area contributed by atoms with Crippen molar-refractivity contribution in [1.29, 1.82) is 0 Å². The van der Waals surface area contributed by atoms with E-state index in [-0.39, 0.29) is 16.5 Å². The monoisotopic (exact) mass is 294 g/mol. The molecule has 0 aliphatic carbocycles. The maximum absolute atomic E-state index is 11.2. The van der Waals surface area contributed by atoms with Crippen LogP contribution >= 0.6 is 11.6 Å². The largest absolute Gasteiger partial charge is 0.504 e. The summed E-state index contributed by atoms with van der Waals surface area (Å²) in [7, 11) is 1.46. The van der Waals surface area contributed by atoms with Crippen molar-refractivity contribution < 1.29 is 9.84 Å². The van der Waals surface area contributed by atoms with Crippen LogP contribution in [0.1, 0.15) is 5.56 Å². The Kier molecular flexibility index (Phi) is 4.21. The smallest absolute Gasteiger partial charge is 0.285 e. The molecule has 1 aromatic carbocycles. The van der Waals surface area contributed by atoms with Gasteiger partial charge in [-0.1, -0.05) is 11.6 Å². The van der Waals surface area contributed by atoms with Crippen molar-refractivity contribution in [2.45, 2.75) is 0 Å². The van der Waals surface area contributed by atoms with Gasteiger partial charge in [0, 0.05) is 0 Å². The summed E-state index contributed by atoms with van der Waals surface area (Å²) in [6, 6.07) is 4.81. The minimum Gasteiger partial charge on any atom is -0.504 e. The zero-order valence-corrected chi connectivity index (χ0v) is 11.2. The standard InChI is InChI=1S/C12H11ClN4O3/c1-20-10-3-2-7(4-9(10)18)5-14-16-8-6-15-17-12(19)11(8)13/h2-6,18H,1H3,(H2,16,17,19)/b14-5+. The molecule has 1 heterocycles. The topological polar surface area (TPSA) is 99.6 Å². The van der Waals surface area contributed by atoms with Crippen LogP contribution in [0.25, 0.3) is 0 Å². The minimum atomic E-state index is -0.506. The summed E-state index contributed by atoms with van der Waals surface area (Å²) in [5.41, 5.74) is 3.01. The number of aromatic hydroxyl groups is 1. The number of aromatic amines is 1. The van der Waals surface area contributed by atoms with Gasteiger partial charge in [0.25, 0.3) is 5.56 Å². The zero-order chi connectivity index (χ0) is 14.5. The highest BCUT2D eigenvalue weighted by Gasteiger charge is 2.03. The first kappa shape index (κ1) is 13.9. The van der Waals surface area contributed by atoms with Gasteiger partial charge in [-0.05, 0) is 23.8 Å². The maximum atomic E-state index is 11.2. The number of phenols is 1. The first-order valence-corrected chi connectivity index (χ1v) is 5.89. The molecule has 0 saturated heterocycles. The number of aromatic nitrogens is 2. The third-order valence-corrected chi connectivity index (χ3v) is 2.77. The zero-order valence-electron chi connectivity index (χ0n) is 10.4. The van der Waals surface area contributed by atoms with E-state index in [2.05, 4.69) is 20.7 Å². The van der Waals surface area contributed by atoms with E-state index in [1.165, 1.54) is 25.6 Å². The summed E-state index contributed by atoms with van der Waals surface area (Å²) in [6.07, 6.45) is 2.79. The molecule has 0 aliphatic heterocycles. The second-order valence-corrected chi connectivity index (χ2v) is 4.11. The van der Waals surface area contributed by atoms with Crippen LogP contribution in [0, 0.1) is 0 Å². The van der Waals surface area contributed by atoms with Crippen molar-refractivity contribution in [2.24, 2.45) is 5.10 Å². The van der Waals surface area contributed by atoms with Crippen LogP contribution in [0.15, 0.2) is 34.3 Å². The quantitative estimate of drug-likeness (QED) is 0.587. The van der Waals surface area contributed by atoms with Crippen LogP contribution in [0.5, 0.6) is 11.5 Å². The first-order valence-electron chi connectivity index (χ1n) is 5.51. The average molecular weight is 295 g/mol. The van der Waals surface area contributed by atoms with E-state index in [0.717, 1.165) is 0 Å². The van der Waals surface area contributed by atoms with E-state index < -0.39 is 5.56 Å². The number of halogens is 1. The van der Waals surface area contributed by atoms with E-state index in [4.69, 9.17) is 16.3 Å². The highest BCUT2D eigenvalue weighted by molar-refractivity contribution is 6.32. The molecule has 0 spiro atoms. The number of hydrogen-bond donors (Lipinski definition) is 3. The van der Waals surface area contributed by atoms with E-state index >= 15 is 0 Å². The number of benzene rings is 1. The van der Waals surface area contributed by atoms with Gasteiger partial charge in [0.2, 0.25) is 0 Å². The SMILES string of the molecule is COc1ccc(/C=N/Nc2cn[nH]c(=O)c2Cl)cc1O. The number of nitrogens with one attached hydrogen (secondary N) is 2. The summed E-state index contributed by atoms with van der Waals surface area (Å²) in [5, 5.41) is 19.3. The number of nitrogens with zero attached hydrogens (tertiary/aromatic N) is 2. The van der Waals surface area contributed by atoms with E-state index in [1.54, 1.807) is 12.1 Å². The van der Waals surface area contributed by atoms with Gasteiger partial charge in [-0.2, -0.15) is 10.2 Å². The molecule has 20 heavy (non-hydrogen) atoms. The molecule has 3 N–H and O–H groups in total. The van der Waals surface area contributed by atoms with Crippen LogP contribution < -0.4 is 15.7 Å². The van der Waals surface area contributed by atoms with Gasteiger partial charge < -0.3 is 9.84 Å². The molecule has 0 aliphatic rings. The Morgan fingerprint density at radius 3 is 3.05 bits per heavy atom. The normalized spacial score (nSPS) is 10.7. The van der Waals surface area contributed by atoms with Crippen LogP contribution in [0.4, 0.5) is 5.69 Å². The van der Waals surface area contributed by atoms with Crippen LogP contribution in [-0.4, -0.2) is 28.6 Å². The Morgan fingerprint density at radius 1 is 1.55 bits per heavy atom. The second-order valence-electron chi connectivity index (χ2n) is 3.73. The van der Waals surface area contributed by atoms with Crippen molar-refractivity contribution >= 4 is 23.5 Å². The molecule has 0 atom stereocenters. The Hall–Kier alpha value is -2.54. The fourth-order valence-corrected chi connectivity index (χ4v) is 1.56. The molecule has 7 nitrogen and oxygen atoms in total. The van der Waals surface area contributed by atoms with Gasteiger partial charge in [-0.15, -0.1) is 0 Å². The number of H-pyrrole nitrogens is 1. The molecule has 0 fully saturated rings. The van der Waals surface area contributed by atoms with Gasteiger partial charge in [0.1, 0.15) is 10.7 Å². The van der Waals surface area contributed by atoms with Crippen molar-refractivity contribution in [3.63, 3.8) is 0 Å². The summed E-state index contributed by atoms with van der Waals surface area (Å²) >= 11 is 5.76. The molecule has 2 aromatic rings. The Balaban J connectivity index is 2.12. The lowest BCUT2D eigenvalue weighted by Gasteiger charge is -2.03. The predicted molar refractivity (Wildman–Crippen MR) is 75.7 cm³/mol. The lowest BCUT2D eigenvalue weighted by Crippen LogP contribution is -2.10. The summed E-state index contributed by atoms with van der Waals surface area (Å²) < 4.78 is 4.93. The number of anilines is 1. The molecule has 1 aromatic heterocycles. The molecule has 104 valence electrons. The van der Waals surface area contributed by atoms with E-state index in [9.17, 15) is 9.90 Å². The highest BCUT2D eigenvalue weighted by Crippen LogP contribution is 2.25. The Morgan fingerprint density at radius 2 is 2.35 bits per heavy atom. The number of hydrogen-bond acceptors (Lipinski definition) is 6. The molecular weight excluding hydrogens is 284 g/mol. The van der Waals surface area contributed by atoms with Crippen LogP contribution in [-0.2, 0) is 0 Å². The molecule has 0 amide bonds. The second kappa shape index (κ2) is 6.07. The van der Waals surface area contributed by atoms with E-state index in [0.29, 0.717) is 11.3 Å². The lowest BCUT2D eigenvalue weighted by molar-refractivity contribution is 0.373. The molecular formula is C12H11ClN4O3.